The monoisotopic (exact) mass is 315 g/mol. The zero-order chi connectivity index (χ0) is 18.5. The number of rotatable bonds is 4. The van der Waals surface area contributed by atoms with Crippen LogP contribution in [0.15, 0.2) is 24.3 Å². The Bertz CT molecular complexity index is 447. The van der Waals surface area contributed by atoms with Crippen molar-refractivity contribution in [1.82, 2.24) is 0 Å². The van der Waals surface area contributed by atoms with E-state index in [1.165, 1.54) is 29.3 Å². The third kappa shape index (κ3) is 8.41. The molecular weight excluding hydrogens is 277 g/mol. The summed E-state index contributed by atoms with van der Waals surface area (Å²) in [6, 6.07) is 6.75. The van der Waals surface area contributed by atoms with E-state index in [-0.39, 0.29) is 5.31 Å². The van der Waals surface area contributed by atoms with Crippen LogP contribution in [0.5, 0.6) is 0 Å². The fourth-order valence-electron chi connectivity index (χ4n) is 2.77. The fraction of sp³-hybridized carbons (Fsp3) is 0.619. The lowest BCUT2D eigenvalue weighted by atomic mass is 9.63. The van der Waals surface area contributed by atoms with E-state index in [9.17, 15) is 0 Å². The van der Waals surface area contributed by atoms with Crippen LogP contribution >= 0.6 is 0 Å². The molecule has 0 aromatic heterocycles. The maximum atomic E-state index is 6.36. The van der Waals surface area contributed by atoms with Gasteiger partial charge in [-0.2, -0.15) is 0 Å². The predicted molar refractivity (Wildman–Crippen MR) is 109 cm³/mol. The summed E-state index contributed by atoms with van der Waals surface area (Å²) in [6.07, 6.45) is 6.67. The fourth-order valence-corrected chi connectivity index (χ4v) is 2.77. The third-order valence-corrected chi connectivity index (χ3v) is 3.60. The molecule has 1 aliphatic carbocycles. The highest BCUT2D eigenvalue weighted by Gasteiger charge is 2.22. The molecule has 0 saturated carbocycles. The molecule has 23 heavy (non-hydrogen) atoms. The minimum absolute atomic E-state index is 0.0636. The molecule has 2 rings (SSSR count). The number of benzene rings is 1. The Labute approximate surface area is 147 Å². The standard InChI is InChI=1S/C16H21B.2C2H6.CH5N/c1-4-9-16(3,17)11-14-8-7-13-6-5-12(2)10-15(13)14;3*1-2/h5-6,8,10H,4,7,9,11H2,1-3H3;2*1-2H3;2H2,1H3/t16-;;;/m0.../s1. The van der Waals surface area contributed by atoms with Crippen molar-refractivity contribution < 1.29 is 0 Å². The minimum Gasteiger partial charge on any atom is -0.333 e. The molecule has 1 aromatic carbocycles. The minimum atomic E-state index is -0.0636. The molecule has 1 nitrogen and oxygen atoms in total. The van der Waals surface area contributed by atoms with Crippen LogP contribution in [0.2, 0.25) is 5.31 Å². The van der Waals surface area contributed by atoms with Crippen molar-refractivity contribution in [1.29, 1.82) is 0 Å². The Balaban J connectivity index is 0. The topological polar surface area (TPSA) is 26.0 Å². The summed E-state index contributed by atoms with van der Waals surface area (Å²) >= 11 is 0. The van der Waals surface area contributed by atoms with Crippen LogP contribution in [0.1, 0.15) is 77.5 Å². The normalized spacial score (nSPS) is 13.7. The smallest absolute Gasteiger partial charge is 0.0747 e. The van der Waals surface area contributed by atoms with Gasteiger partial charge in [0.25, 0.3) is 0 Å². The molecule has 0 unspecified atom stereocenters. The van der Waals surface area contributed by atoms with Gasteiger partial charge in [-0.15, -0.1) is 0 Å². The average Bonchev–Trinajstić information content (AvgIpc) is 2.95. The van der Waals surface area contributed by atoms with Crippen LogP contribution in [0.4, 0.5) is 0 Å². The predicted octanol–water partition coefficient (Wildman–Crippen LogP) is 6.10. The van der Waals surface area contributed by atoms with E-state index in [1.807, 2.05) is 27.7 Å². The first-order valence-electron chi connectivity index (χ1n) is 9.17. The molecule has 0 aliphatic heterocycles. The molecule has 2 N–H and O–H groups in total. The van der Waals surface area contributed by atoms with E-state index in [1.54, 1.807) is 0 Å². The molecule has 1 aliphatic rings. The number of fused-ring (bicyclic) bond motifs is 1. The van der Waals surface area contributed by atoms with Crippen LogP contribution in [0.25, 0.3) is 5.57 Å². The molecular formula is C21H38BN. The van der Waals surface area contributed by atoms with Crippen LogP contribution in [0, 0.1) is 6.92 Å². The number of hydrogen-bond donors (Lipinski definition) is 1. The van der Waals surface area contributed by atoms with Crippen molar-refractivity contribution in [3.63, 3.8) is 0 Å². The molecule has 0 spiro atoms. The van der Waals surface area contributed by atoms with Gasteiger partial charge >= 0.3 is 0 Å². The van der Waals surface area contributed by atoms with E-state index in [0.717, 1.165) is 25.7 Å². The van der Waals surface area contributed by atoms with Crippen molar-refractivity contribution in [2.75, 3.05) is 7.05 Å². The quantitative estimate of drug-likeness (QED) is 0.668. The van der Waals surface area contributed by atoms with E-state index < -0.39 is 0 Å². The van der Waals surface area contributed by atoms with Gasteiger partial charge in [-0.3, -0.25) is 0 Å². The third-order valence-electron chi connectivity index (χ3n) is 3.60. The van der Waals surface area contributed by atoms with Crippen molar-refractivity contribution in [2.45, 2.75) is 79.5 Å². The number of allylic oxidation sites excluding steroid dienone is 2. The second-order valence-corrected chi connectivity index (χ2v) is 5.67. The Kier molecular flexibility index (Phi) is 14.2. The van der Waals surface area contributed by atoms with Crippen LogP contribution in [-0.2, 0) is 6.42 Å². The van der Waals surface area contributed by atoms with Crippen molar-refractivity contribution in [2.24, 2.45) is 5.73 Å². The highest BCUT2D eigenvalue weighted by Crippen LogP contribution is 2.41. The van der Waals surface area contributed by atoms with Gasteiger partial charge in [0.1, 0.15) is 0 Å². The van der Waals surface area contributed by atoms with Gasteiger partial charge in [-0.25, -0.2) is 0 Å². The number of aryl methyl sites for hydroxylation is 1. The Morgan fingerprint density at radius 3 is 2.22 bits per heavy atom. The highest BCUT2D eigenvalue weighted by molar-refractivity contribution is 6.15. The summed E-state index contributed by atoms with van der Waals surface area (Å²) < 4.78 is 0. The zero-order valence-electron chi connectivity index (χ0n) is 16.8. The van der Waals surface area contributed by atoms with Crippen molar-refractivity contribution >= 4 is 13.4 Å². The summed E-state index contributed by atoms with van der Waals surface area (Å²) in [6.45, 7) is 14.5. The highest BCUT2D eigenvalue weighted by atomic mass is 14.4. The molecule has 0 bridgehead atoms. The van der Waals surface area contributed by atoms with Gasteiger partial charge in [0.2, 0.25) is 0 Å². The Hall–Kier alpha value is -1.02. The van der Waals surface area contributed by atoms with Crippen LogP contribution in [0.3, 0.4) is 0 Å². The molecule has 0 amide bonds. The van der Waals surface area contributed by atoms with Gasteiger partial charge in [-0.05, 0) is 43.5 Å². The maximum absolute atomic E-state index is 6.36. The first-order chi connectivity index (χ1) is 11.0. The largest absolute Gasteiger partial charge is 0.333 e. The zero-order valence-corrected chi connectivity index (χ0v) is 16.8. The average molecular weight is 315 g/mol. The van der Waals surface area contributed by atoms with Gasteiger partial charge in [0.05, 0.1) is 7.85 Å². The van der Waals surface area contributed by atoms with Crippen molar-refractivity contribution in [3.05, 3.63) is 41.0 Å². The number of nitrogens with two attached hydrogens (primary N) is 1. The summed E-state index contributed by atoms with van der Waals surface area (Å²) in [4.78, 5) is 0. The van der Waals surface area contributed by atoms with Gasteiger partial charge in [-0.1, -0.05) is 89.5 Å². The molecule has 130 valence electrons. The van der Waals surface area contributed by atoms with Crippen molar-refractivity contribution in [3.8, 4) is 0 Å². The van der Waals surface area contributed by atoms with Gasteiger partial charge in [0, 0.05) is 0 Å². The van der Waals surface area contributed by atoms with Gasteiger partial charge < -0.3 is 5.73 Å². The van der Waals surface area contributed by atoms with Crippen LogP contribution in [-0.4, -0.2) is 14.9 Å². The SMILES string of the molecule is CC.CC.CN.[B][C@@](C)(CCC)CC1=CCc2ccc(C)cc21. The summed E-state index contributed by atoms with van der Waals surface area (Å²) in [5.74, 6) is 0. The maximum Gasteiger partial charge on any atom is 0.0747 e. The lowest BCUT2D eigenvalue weighted by molar-refractivity contribution is 0.563. The first kappa shape index (κ1) is 24.2. The van der Waals surface area contributed by atoms with Gasteiger partial charge in [0.15, 0.2) is 0 Å². The molecule has 0 fully saturated rings. The molecule has 0 heterocycles. The Morgan fingerprint density at radius 1 is 1.13 bits per heavy atom. The van der Waals surface area contributed by atoms with E-state index in [2.05, 4.69) is 50.8 Å². The van der Waals surface area contributed by atoms with Crippen LogP contribution < -0.4 is 5.73 Å². The molecule has 1 atom stereocenters. The Morgan fingerprint density at radius 2 is 1.70 bits per heavy atom. The summed E-state index contributed by atoms with van der Waals surface area (Å²) in [5, 5.41) is -0.0636. The molecule has 2 radical (unpaired) electrons. The second-order valence-electron chi connectivity index (χ2n) is 5.67. The second kappa shape index (κ2) is 13.4. The summed E-state index contributed by atoms with van der Waals surface area (Å²) in [5.41, 5.74) is 10.2. The molecule has 1 aromatic rings. The molecule has 0 saturated heterocycles. The van der Waals surface area contributed by atoms with E-state index >= 15 is 0 Å². The number of hydrogen-bond acceptors (Lipinski definition) is 1. The first-order valence-corrected chi connectivity index (χ1v) is 9.17. The lowest BCUT2D eigenvalue weighted by Gasteiger charge is -2.25. The van der Waals surface area contributed by atoms with E-state index in [4.69, 9.17) is 7.85 Å². The summed E-state index contributed by atoms with van der Waals surface area (Å²) in [7, 11) is 7.86. The lowest BCUT2D eigenvalue weighted by Crippen LogP contribution is -2.08. The molecule has 2 heteroatoms. The van der Waals surface area contributed by atoms with E-state index in [0.29, 0.717) is 0 Å².